The van der Waals surface area contributed by atoms with Crippen molar-refractivity contribution in [3.8, 4) is 0 Å². The Kier molecular flexibility index (Phi) is 23.4. The van der Waals surface area contributed by atoms with Crippen LogP contribution >= 0.6 is 29.4 Å². The maximum absolute atomic E-state index is 3.92. The van der Waals surface area contributed by atoms with Crippen molar-refractivity contribution < 1.29 is 69.8 Å². The Morgan fingerprint density at radius 3 is 1.80 bits per heavy atom. The third-order valence-electron chi connectivity index (χ3n) is 0.0309. The van der Waals surface area contributed by atoms with E-state index >= 15 is 0 Å². The van der Waals surface area contributed by atoms with Crippen LogP contribution in [0.5, 0.6) is 0 Å². The second-order valence-electron chi connectivity index (χ2n) is 0.138. The molecule has 0 amide bonds. The molecule has 5 heavy (non-hydrogen) atoms. The van der Waals surface area contributed by atoms with E-state index in [0.717, 1.165) is 0 Å². The van der Waals surface area contributed by atoms with Gasteiger partial charge in [0.05, 0.1) is 0 Å². The minimum absolute atomic E-state index is 0. The summed E-state index contributed by atoms with van der Waals surface area (Å²) in [5.41, 5.74) is 0. The Labute approximate surface area is 96.4 Å². The quantitative estimate of drug-likeness (QED) is 0.208. The average Bonchev–Trinajstić information content (AvgIpc) is 1.37. The van der Waals surface area contributed by atoms with Gasteiger partial charge in [-0.2, -0.15) is 0 Å². The first-order valence-electron chi connectivity index (χ1n) is 0.506. The molecule has 0 nitrogen and oxygen atoms in total. The Balaban J connectivity index is 0. The minimum atomic E-state index is 0. The molecule has 0 spiro atoms. The summed E-state index contributed by atoms with van der Waals surface area (Å²) in [6.45, 7) is 0. The van der Waals surface area contributed by atoms with Gasteiger partial charge in [0.2, 0.25) is 0 Å². The molecule has 0 aliphatic rings. The number of thiol groups is 2. The minimum Gasteiger partial charge on any atom is 1.00 e. The van der Waals surface area contributed by atoms with Gasteiger partial charge in [0, 0.05) is 0 Å². The fourth-order valence-corrected chi connectivity index (χ4v) is 0. The zero-order valence-corrected chi connectivity index (χ0v) is 10.6. The maximum atomic E-state index is 3.92. The third-order valence-corrected chi connectivity index (χ3v) is 5.59. The molecule has 0 rings (SSSR count). The van der Waals surface area contributed by atoms with E-state index in [1.807, 2.05) is 0 Å². The summed E-state index contributed by atoms with van der Waals surface area (Å²) < 4.78 is 0. The molecule has 0 heterocycles. The van der Waals surface area contributed by atoms with Gasteiger partial charge >= 0.3 is 99.2 Å². The van der Waals surface area contributed by atoms with Crippen LogP contribution < -0.4 is 69.8 Å². The Morgan fingerprint density at radius 1 is 1.60 bits per heavy atom. The first-order valence-corrected chi connectivity index (χ1v) is 8.15. The third kappa shape index (κ3) is 11.2. The Bertz CT molecular complexity index is 8.85. The van der Waals surface area contributed by atoms with Gasteiger partial charge in [-0.15, -0.1) is 0 Å². The Morgan fingerprint density at radius 2 is 1.80 bits per heavy atom. The van der Waals surface area contributed by atoms with Crippen LogP contribution in [0.4, 0.5) is 0 Å². The molecular formula is H2IKS3. The maximum Gasteiger partial charge on any atom is 1.00 e. The van der Waals surface area contributed by atoms with Crippen molar-refractivity contribution in [1.82, 2.24) is 0 Å². The van der Waals surface area contributed by atoms with Crippen LogP contribution in [0.15, 0.2) is 0 Å². The van der Waals surface area contributed by atoms with E-state index in [0.29, 0.717) is 0 Å². The van der Waals surface area contributed by atoms with E-state index < -0.39 is 0 Å². The van der Waals surface area contributed by atoms with Crippen LogP contribution in [0.3, 0.4) is 0 Å². The summed E-state index contributed by atoms with van der Waals surface area (Å²) in [5.74, 6) is 0. The molecule has 0 aromatic rings. The molecule has 0 saturated carbocycles. The molecule has 0 atom stereocenters. The fraction of sp³-hybridized carbons (Fsp3) is 0. The second kappa shape index (κ2) is 10.4. The van der Waals surface area contributed by atoms with Crippen molar-refractivity contribution in [3.63, 3.8) is 0 Å². The van der Waals surface area contributed by atoms with Crippen molar-refractivity contribution in [2.24, 2.45) is 0 Å². The predicted molar refractivity (Wildman–Crippen MR) is 25.6 cm³/mol. The van der Waals surface area contributed by atoms with Gasteiger partial charge in [-0.25, -0.2) is 0 Å². The number of hydrogen-bond acceptors (Lipinski definition) is 3. The van der Waals surface area contributed by atoms with Crippen molar-refractivity contribution in [2.75, 3.05) is 0 Å². The van der Waals surface area contributed by atoms with Crippen LogP contribution in [0.2, 0.25) is 0 Å². The van der Waals surface area contributed by atoms with Crippen molar-refractivity contribution in [2.45, 2.75) is 0 Å². The molecule has 0 N–H and O–H groups in total. The Hall–Kier alpha value is 3.42. The van der Waals surface area contributed by atoms with Gasteiger partial charge in [-0.3, -0.25) is 0 Å². The first-order chi connectivity index (χ1) is 1.91. The van der Waals surface area contributed by atoms with E-state index in [9.17, 15) is 0 Å². The molecule has 0 aliphatic carbocycles. The standard InChI is InChI=1S/H2IS3.K/c2-1-4-3;/h2-3H;/q-1;+1. The summed E-state index contributed by atoms with van der Waals surface area (Å²) in [6, 6.07) is 0. The molecule has 0 radical (unpaired) electrons. The second-order valence-corrected chi connectivity index (χ2v) is 8.33. The molecular weight excluding hydrogens is 262 g/mol. The van der Waals surface area contributed by atoms with Gasteiger partial charge in [0.1, 0.15) is 0 Å². The zero-order chi connectivity index (χ0) is 3.41. The van der Waals surface area contributed by atoms with Crippen LogP contribution in [-0.4, -0.2) is 0 Å². The smallest absolute Gasteiger partial charge is 1.00 e. The van der Waals surface area contributed by atoms with Crippen molar-refractivity contribution >= 4 is 29.4 Å². The first kappa shape index (κ1) is 11.2. The van der Waals surface area contributed by atoms with Crippen LogP contribution in [-0.2, 0) is 0 Å². The summed E-state index contributed by atoms with van der Waals surface area (Å²) in [6.07, 6.45) is 0. The van der Waals surface area contributed by atoms with Gasteiger partial charge in [0.15, 0.2) is 0 Å². The van der Waals surface area contributed by atoms with E-state index in [1.54, 1.807) is 0 Å². The molecule has 0 unspecified atom stereocenters. The van der Waals surface area contributed by atoms with Crippen LogP contribution in [0.25, 0.3) is 0 Å². The van der Waals surface area contributed by atoms with E-state index in [-0.39, 0.29) is 69.8 Å². The summed E-state index contributed by atoms with van der Waals surface area (Å²) in [4.78, 5) is 0. The molecule has 0 aliphatic heterocycles. The molecule has 0 bridgehead atoms. The predicted octanol–water partition coefficient (Wildman–Crippen LogP) is -4.58. The van der Waals surface area contributed by atoms with Crippen molar-refractivity contribution in [3.05, 3.63) is 0 Å². The number of halogens is 1. The molecule has 0 aromatic carbocycles. The fourth-order valence-electron chi connectivity index (χ4n) is 0. The summed E-state index contributed by atoms with van der Waals surface area (Å²) in [7, 11) is 5.44. The topological polar surface area (TPSA) is 0 Å². The monoisotopic (exact) mass is 264 g/mol. The van der Waals surface area contributed by atoms with Gasteiger partial charge in [-0.05, 0) is 0 Å². The number of hydrogen-bond donors (Lipinski definition) is 2. The average molecular weight is 264 g/mol. The largest absolute Gasteiger partial charge is 1.00 e. The van der Waals surface area contributed by atoms with E-state index in [2.05, 4.69) is 21.5 Å². The summed E-state index contributed by atoms with van der Waals surface area (Å²) >= 11 is 3.90. The summed E-state index contributed by atoms with van der Waals surface area (Å²) in [5, 5.41) is 0. The SMILES string of the molecule is SS[I-]S.[K+]. The normalized spacial score (nSPS) is 6.80. The van der Waals surface area contributed by atoms with Gasteiger partial charge < -0.3 is 0 Å². The molecule has 28 valence electrons. The van der Waals surface area contributed by atoms with Crippen LogP contribution in [0, 0.1) is 0 Å². The number of rotatable bonds is 1. The molecule has 5 heteroatoms. The zero-order valence-electron chi connectivity index (χ0n) is 2.68. The van der Waals surface area contributed by atoms with Gasteiger partial charge in [0.25, 0.3) is 0 Å². The van der Waals surface area contributed by atoms with Crippen LogP contribution in [0.1, 0.15) is 0 Å². The molecule has 0 aromatic heterocycles. The van der Waals surface area contributed by atoms with Crippen molar-refractivity contribution in [1.29, 1.82) is 0 Å². The van der Waals surface area contributed by atoms with E-state index in [4.69, 9.17) is 0 Å². The van der Waals surface area contributed by atoms with E-state index in [1.165, 1.54) is 7.97 Å². The van der Waals surface area contributed by atoms with Gasteiger partial charge in [-0.1, -0.05) is 0 Å². The molecule has 0 fully saturated rings. The molecule has 0 saturated heterocycles.